The summed E-state index contributed by atoms with van der Waals surface area (Å²) in [4.78, 5) is 11.6. The van der Waals surface area contributed by atoms with Crippen molar-refractivity contribution < 1.29 is 9.53 Å². The number of aryl methyl sites for hydroxylation is 1. The first-order valence-corrected chi connectivity index (χ1v) is 7.98. The van der Waals surface area contributed by atoms with Crippen LogP contribution in [0.5, 0.6) is 5.75 Å². The van der Waals surface area contributed by atoms with Gasteiger partial charge < -0.3 is 10.1 Å². The monoisotopic (exact) mass is 391 g/mol. The summed E-state index contributed by atoms with van der Waals surface area (Å²) in [6.07, 6.45) is 3.30. The molecule has 0 aromatic heterocycles. The van der Waals surface area contributed by atoms with E-state index in [1.54, 1.807) is 0 Å². The number of hydrogen-bond acceptors (Lipinski definition) is 2. The van der Waals surface area contributed by atoms with E-state index in [9.17, 15) is 4.79 Å². The van der Waals surface area contributed by atoms with Crippen molar-refractivity contribution in [1.82, 2.24) is 5.32 Å². The van der Waals surface area contributed by atoms with E-state index >= 15 is 0 Å². The molecule has 106 valence electrons. The van der Waals surface area contributed by atoms with Crippen LogP contribution >= 0.6 is 31.9 Å². The van der Waals surface area contributed by atoms with Crippen molar-refractivity contribution >= 4 is 37.8 Å². The van der Waals surface area contributed by atoms with Crippen LogP contribution in [-0.4, -0.2) is 19.1 Å². The maximum absolute atomic E-state index is 11.6. The van der Waals surface area contributed by atoms with Gasteiger partial charge in [-0.3, -0.25) is 4.79 Å². The second kappa shape index (κ2) is 8.59. The standard InChI is InChI=1S/C14H19Br2NO2/c1-3-4-5-6-17-13(18)9-19-14-11(15)7-10(2)8-12(14)16/h7-8H,3-6,9H2,1-2H3,(H,17,18). The first-order chi connectivity index (χ1) is 9.04. The van der Waals surface area contributed by atoms with Gasteiger partial charge >= 0.3 is 0 Å². The van der Waals surface area contributed by atoms with E-state index in [1.165, 1.54) is 0 Å². The highest BCUT2D eigenvalue weighted by molar-refractivity contribution is 9.11. The van der Waals surface area contributed by atoms with E-state index in [2.05, 4.69) is 44.1 Å². The molecule has 0 fully saturated rings. The number of amides is 1. The number of carbonyl (C=O) groups is 1. The number of ether oxygens (including phenoxy) is 1. The Bertz CT molecular complexity index is 412. The Hall–Kier alpha value is -0.550. The Labute approximate surface area is 131 Å². The van der Waals surface area contributed by atoms with Crippen LogP contribution in [-0.2, 0) is 4.79 Å². The normalized spacial score (nSPS) is 10.3. The molecule has 1 rings (SSSR count). The third-order valence-electron chi connectivity index (χ3n) is 2.59. The zero-order chi connectivity index (χ0) is 14.3. The Morgan fingerprint density at radius 2 is 1.89 bits per heavy atom. The fourth-order valence-corrected chi connectivity index (χ4v) is 3.26. The van der Waals surface area contributed by atoms with E-state index in [4.69, 9.17) is 4.74 Å². The predicted octanol–water partition coefficient (Wildman–Crippen LogP) is 4.21. The molecule has 0 saturated carbocycles. The molecule has 0 spiro atoms. The molecule has 0 atom stereocenters. The number of nitrogens with one attached hydrogen (secondary N) is 1. The van der Waals surface area contributed by atoms with Crippen molar-refractivity contribution in [3.63, 3.8) is 0 Å². The average molecular weight is 393 g/mol. The lowest BCUT2D eigenvalue weighted by molar-refractivity contribution is -0.123. The summed E-state index contributed by atoms with van der Waals surface area (Å²) in [6.45, 7) is 4.88. The van der Waals surface area contributed by atoms with Gasteiger partial charge in [0, 0.05) is 6.54 Å². The van der Waals surface area contributed by atoms with Crippen molar-refractivity contribution in [3.8, 4) is 5.75 Å². The number of unbranched alkanes of at least 4 members (excludes halogenated alkanes) is 2. The van der Waals surface area contributed by atoms with E-state index in [1.807, 2.05) is 19.1 Å². The molecular formula is C14H19Br2NO2. The molecule has 0 bridgehead atoms. The summed E-state index contributed by atoms with van der Waals surface area (Å²) in [6, 6.07) is 3.92. The Morgan fingerprint density at radius 1 is 1.26 bits per heavy atom. The molecule has 5 heteroatoms. The van der Waals surface area contributed by atoms with Crippen molar-refractivity contribution in [3.05, 3.63) is 26.6 Å². The molecule has 0 aliphatic carbocycles. The van der Waals surface area contributed by atoms with Crippen LogP contribution in [0.1, 0.15) is 31.7 Å². The highest BCUT2D eigenvalue weighted by Gasteiger charge is 2.09. The Balaban J connectivity index is 2.42. The first-order valence-electron chi connectivity index (χ1n) is 6.39. The van der Waals surface area contributed by atoms with Crippen molar-refractivity contribution in [1.29, 1.82) is 0 Å². The predicted molar refractivity (Wildman–Crippen MR) is 84.6 cm³/mol. The third-order valence-corrected chi connectivity index (χ3v) is 3.77. The van der Waals surface area contributed by atoms with Gasteiger partial charge in [-0.15, -0.1) is 0 Å². The number of hydrogen-bond donors (Lipinski definition) is 1. The Morgan fingerprint density at radius 3 is 2.47 bits per heavy atom. The van der Waals surface area contributed by atoms with E-state index in [-0.39, 0.29) is 12.5 Å². The molecule has 1 aromatic rings. The molecular weight excluding hydrogens is 374 g/mol. The summed E-state index contributed by atoms with van der Waals surface area (Å²) in [7, 11) is 0. The van der Waals surface area contributed by atoms with Gasteiger partial charge in [0.15, 0.2) is 6.61 Å². The van der Waals surface area contributed by atoms with Gasteiger partial charge in [0.25, 0.3) is 5.91 Å². The summed E-state index contributed by atoms with van der Waals surface area (Å²) in [5, 5.41) is 2.84. The minimum Gasteiger partial charge on any atom is -0.481 e. The second-order valence-electron chi connectivity index (χ2n) is 4.40. The third kappa shape index (κ3) is 5.95. The largest absolute Gasteiger partial charge is 0.481 e. The van der Waals surface area contributed by atoms with E-state index in [0.29, 0.717) is 12.3 Å². The van der Waals surface area contributed by atoms with Gasteiger partial charge in [-0.2, -0.15) is 0 Å². The Kier molecular flexibility index (Phi) is 7.46. The smallest absolute Gasteiger partial charge is 0.257 e. The second-order valence-corrected chi connectivity index (χ2v) is 6.11. The minimum atomic E-state index is -0.0875. The lowest BCUT2D eigenvalue weighted by atomic mass is 10.2. The fraction of sp³-hybridized carbons (Fsp3) is 0.500. The summed E-state index contributed by atoms with van der Waals surface area (Å²) < 4.78 is 7.23. The summed E-state index contributed by atoms with van der Waals surface area (Å²) in [5.41, 5.74) is 1.12. The molecule has 0 aliphatic rings. The molecule has 0 radical (unpaired) electrons. The summed E-state index contributed by atoms with van der Waals surface area (Å²) >= 11 is 6.87. The van der Waals surface area contributed by atoms with Crippen LogP contribution in [0.3, 0.4) is 0 Å². The van der Waals surface area contributed by atoms with Gasteiger partial charge in [-0.25, -0.2) is 0 Å². The maximum atomic E-state index is 11.6. The van der Waals surface area contributed by atoms with Crippen LogP contribution in [0.15, 0.2) is 21.1 Å². The molecule has 0 unspecified atom stereocenters. The number of rotatable bonds is 7. The van der Waals surface area contributed by atoms with Gasteiger partial charge in [0.05, 0.1) is 8.95 Å². The zero-order valence-electron chi connectivity index (χ0n) is 11.3. The van der Waals surface area contributed by atoms with Crippen LogP contribution in [0, 0.1) is 6.92 Å². The number of halogens is 2. The molecule has 0 aliphatic heterocycles. The molecule has 3 nitrogen and oxygen atoms in total. The molecule has 1 N–H and O–H groups in total. The molecule has 19 heavy (non-hydrogen) atoms. The van der Waals surface area contributed by atoms with Gasteiger partial charge in [-0.05, 0) is 62.9 Å². The molecule has 0 heterocycles. The number of benzene rings is 1. The molecule has 1 aromatic carbocycles. The first kappa shape index (κ1) is 16.5. The summed E-state index contributed by atoms with van der Waals surface area (Å²) in [5.74, 6) is 0.574. The number of carbonyl (C=O) groups excluding carboxylic acids is 1. The average Bonchev–Trinajstić information content (AvgIpc) is 2.33. The fourth-order valence-electron chi connectivity index (χ4n) is 1.62. The van der Waals surface area contributed by atoms with Crippen LogP contribution in [0.2, 0.25) is 0 Å². The highest BCUT2D eigenvalue weighted by Crippen LogP contribution is 2.34. The zero-order valence-corrected chi connectivity index (χ0v) is 14.4. The van der Waals surface area contributed by atoms with Crippen LogP contribution in [0.4, 0.5) is 0 Å². The molecule has 0 saturated heterocycles. The van der Waals surface area contributed by atoms with Crippen molar-refractivity contribution in [2.24, 2.45) is 0 Å². The quantitative estimate of drug-likeness (QED) is 0.706. The SMILES string of the molecule is CCCCCNC(=O)COc1c(Br)cc(C)cc1Br. The maximum Gasteiger partial charge on any atom is 0.257 e. The van der Waals surface area contributed by atoms with Crippen LogP contribution in [0.25, 0.3) is 0 Å². The molecule has 1 amide bonds. The lowest BCUT2D eigenvalue weighted by Gasteiger charge is -2.11. The van der Waals surface area contributed by atoms with Gasteiger partial charge in [-0.1, -0.05) is 19.8 Å². The van der Waals surface area contributed by atoms with Gasteiger partial charge in [0.1, 0.15) is 5.75 Å². The van der Waals surface area contributed by atoms with E-state index in [0.717, 1.165) is 33.8 Å². The van der Waals surface area contributed by atoms with Gasteiger partial charge in [0.2, 0.25) is 0 Å². The van der Waals surface area contributed by atoms with E-state index < -0.39 is 0 Å². The minimum absolute atomic E-state index is 0.0341. The highest BCUT2D eigenvalue weighted by atomic mass is 79.9. The lowest BCUT2D eigenvalue weighted by Crippen LogP contribution is -2.29. The van der Waals surface area contributed by atoms with Crippen molar-refractivity contribution in [2.75, 3.05) is 13.2 Å². The van der Waals surface area contributed by atoms with Crippen LogP contribution < -0.4 is 10.1 Å². The topological polar surface area (TPSA) is 38.3 Å². The van der Waals surface area contributed by atoms with Crippen molar-refractivity contribution in [2.45, 2.75) is 33.1 Å².